The number of nitrogens with zero attached hydrogens (tertiary/aromatic N) is 2. The average molecular weight is 617 g/mol. The van der Waals surface area contributed by atoms with Gasteiger partial charge in [-0.3, -0.25) is 13.9 Å². The molecule has 1 atom stereocenters. The number of aryl methyl sites for hydroxylation is 1. The predicted octanol–water partition coefficient (Wildman–Crippen LogP) is 6.36. The number of nitrogens with one attached hydrogen (secondary N) is 1. The van der Waals surface area contributed by atoms with Gasteiger partial charge in [0.15, 0.2) is 0 Å². The zero-order valence-electron chi connectivity index (χ0n) is 23.2. The predicted molar refractivity (Wildman–Crippen MR) is 164 cm³/mol. The summed E-state index contributed by atoms with van der Waals surface area (Å²) in [5.41, 5.74) is 1.95. The van der Waals surface area contributed by atoms with Crippen LogP contribution in [0.4, 0.5) is 5.69 Å². The van der Waals surface area contributed by atoms with Crippen molar-refractivity contribution < 1.29 is 18.0 Å². The van der Waals surface area contributed by atoms with Crippen LogP contribution >= 0.6 is 23.2 Å². The van der Waals surface area contributed by atoms with Crippen molar-refractivity contribution in [3.63, 3.8) is 0 Å². The molecule has 7 nitrogen and oxygen atoms in total. The van der Waals surface area contributed by atoms with Crippen molar-refractivity contribution in [2.75, 3.05) is 10.8 Å². The minimum atomic E-state index is -4.23. The molecule has 1 saturated carbocycles. The van der Waals surface area contributed by atoms with Crippen LogP contribution in [0.2, 0.25) is 10.0 Å². The van der Waals surface area contributed by atoms with Gasteiger partial charge in [0.1, 0.15) is 12.6 Å². The van der Waals surface area contributed by atoms with Crippen LogP contribution in [-0.2, 0) is 26.2 Å². The van der Waals surface area contributed by atoms with E-state index in [1.165, 1.54) is 29.2 Å². The summed E-state index contributed by atoms with van der Waals surface area (Å²) in [5, 5.41) is 3.49. The lowest BCUT2D eigenvalue weighted by molar-refractivity contribution is -0.139. The van der Waals surface area contributed by atoms with Crippen molar-refractivity contribution in [3.05, 3.63) is 94.0 Å². The van der Waals surface area contributed by atoms with Gasteiger partial charge in [0.05, 0.1) is 15.6 Å². The molecule has 1 unspecified atom stereocenters. The third-order valence-electron chi connectivity index (χ3n) is 7.38. The van der Waals surface area contributed by atoms with Gasteiger partial charge in [0.25, 0.3) is 10.0 Å². The Hall–Kier alpha value is -3.07. The minimum Gasteiger partial charge on any atom is -0.352 e. The third kappa shape index (κ3) is 7.82. The van der Waals surface area contributed by atoms with Crippen molar-refractivity contribution in [2.24, 2.45) is 0 Å². The van der Waals surface area contributed by atoms with Gasteiger partial charge in [-0.05, 0) is 62.6 Å². The zero-order chi connectivity index (χ0) is 29.6. The molecule has 0 saturated heterocycles. The number of hydrogen-bond donors (Lipinski definition) is 1. The first-order valence-corrected chi connectivity index (χ1v) is 15.9. The molecule has 10 heteroatoms. The molecule has 2 amide bonds. The smallest absolute Gasteiger partial charge is 0.264 e. The monoisotopic (exact) mass is 615 g/mol. The Balaban J connectivity index is 1.69. The van der Waals surface area contributed by atoms with Crippen molar-refractivity contribution in [3.8, 4) is 0 Å². The summed E-state index contributed by atoms with van der Waals surface area (Å²) in [6.45, 7) is 3.19. The lowest BCUT2D eigenvalue weighted by Gasteiger charge is -2.33. The van der Waals surface area contributed by atoms with Gasteiger partial charge in [-0.25, -0.2) is 8.42 Å². The van der Waals surface area contributed by atoms with E-state index in [0.29, 0.717) is 0 Å². The second-order valence-corrected chi connectivity index (χ2v) is 13.2. The highest BCUT2D eigenvalue weighted by molar-refractivity contribution is 7.92. The first kappa shape index (κ1) is 30.9. The van der Waals surface area contributed by atoms with Gasteiger partial charge in [-0.15, -0.1) is 0 Å². The molecule has 1 aliphatic carbocycles. The molecule has 0 aliphatic heterocycles. The summed E-state index contributed by atoms with van der Waals surface area (Å²) in [5.74, 6) is -0.817. The van der Waals surface area contributed by atoms with Crippen LogP contribution in [0, 0.1) is 6.92 Å². The third-order valence-corrected chi connectivity index (χ3v) is 9.71. The molecule has 4 rings (SSSR count). The number of carbonyl (C=O) groups excluding carboxylic acids is 2. The lowest BCUT2D eigenvalue weighted by atomic mass is 9.95. The van der Waals surface area contributed by atoms with Crippen LogP contribution in [0.25, 0.3) is 0 Å². The van der Waals surface area contributed by atoms with E-state index in [2.05, 4.69) is 5.32 Å². The largest absolute Gasteiger partial charge is 0.352 e. The summed E-state index contributed by atoms with van der Waals surface area (Å²) < 4.78 is 28.7. The van der Waals surface area contributed by atoms with Gasteiger partial charge in [-0.2, -0.15) is 0 Å². The summed E-state index contributed by atoms with van der Waals surface area (Å²) in [6, 6.07) is 19.2. The standard InChI is InChI=1S/C31H35Cl2N3O4S/c1-22-13-15-24(16-14-22)20-35(23(2)31(38)34-26-9-5-3-6-10-26)30(37)21-36(29-19-25(32)17-18-28(29)33)41(39,40)27-11-7-4-8-12-27/h4,7-8,11-19,23,26H,3,5-6,9-10,20-21H2,1-2H3,(H,34,38). The summed E-state index contributed by atoms with van der Waals surface area (Å²) in [6.07, 6.45) is 5.06. The van der Waals surface area contributed by atoms with Crippen LogP contribution in [0.5, 0.6) is 0 Å². The lowest BCUT2D eigenvalue weighted by Crippen LogP contribution is -2.53. The van der Waals surface area contributed by atoms with Gasteiger partial charge < -0.3 is 10.2 Å². The molecule has 218 valence electrons. The van der Waals surface area contributed by atoms with E-state index in [9.17, 15) is 18.0 Å². The Kier molecular flexibility index (Phi) is 10.3. The molecular formula is C31H35Cl2N3O4S. The van der Waals surface area contributed by atoms with Crippen molar-refractivity contribution in [2.45, 2.75) is 69.5 Å². The van der Waals surface area contributed by atoms with E-state index in [-0.39, 0.29) is 39.1 Å². The number of sulfonamides is 1. The number of hydrogen-bond acceptors (Lipinski definition) is 4. The Morgan fingerprint density at radius 1 is 0.951 bits per heavy atom. The SMILES string of the molecule is Cc1ccc(CN(C(=O)CN(c2cc(Cl)ccc2Cl)S(=O)(=O)c2ccccc2)C(C)C(=O)NC2CCCCC2)cc1. The molecule has 0 spiro atoms. The van der Waals surface area contributed by atoms with Crippen molar-refractivity contribution in [1.29, 1.82) is 0 Å². The van der Waals surface area contributed by atoms with Crippen molar-refractivity contribution >= 4 is 50.7 Å². The first-order valence-electron chi connectivity index (χ1n) is 13.7. The van der Waals surface area contributed by atoms with Crippen LogP contribution < -0.4 is 9.62 Å². The molecule has 0 bridgehead atoms. The van der Waals surface area contributed by atoms with Crippen LogP contribution in [-0.4, -0.2) is 43.8 Å². The fourth-order valence-corrected chi connectivity index (χ4v) is 6.83. The van der Waals surface area contributed by atoms with E-state index >= 15 is 0 Å². The quantitative estimate of drug-likeness (QED) is 0.287. The molecule has 0 radical (unpaired) electrons. The second kappa shape index (κ2) is 13.7. The summed E-state index contributed by atoms with van der Waals surface area (Å²) in [7, 11) is -4.23. The number of amides is 2. The normalized spacial score (nSPS) is 14.7. The van der Waals surface area contributed by atoms with Crippen LogP contribution in [0.15, 0.2) is 77.7 Å². The molecule has 0 heterocycles. The molecule has 3 aromatic rings. The number of carbonyl (C=O) groups is 2. The van der Waals surface area contributed by atoms with Gasteiger partial charge >= 0.3 is 0 Å². The van der Waals surface area contributed by atoms with Gasteiger partial charge in [0, 0.05) is 17.6 Å². The number of benzene rings is 3. The highest BCUT2D eigenvalue weighted by Crippen LogP contribution is 2.33. The fraction of sp³-hybridized carbons (Fsp3) is 0.355. The molecule has 1 N–H and O–H groups in total. The number of halogens is 2. The molecule has 3 aromatic carbocycles. The Morgan fingerprint density at radius 2 is 1.61 bits per heavy atom. The Labute approximate surface area is 252 Å². The zero-order valence-corrected chi connectivity index (χ0v) is 25.6. The second-order valence-electron chi connectivity index (χ2n) is 10.4. The fourth-order valence-electron chi connectivity index (χ4n) is 4.95. The van der Waals surface area contributed by atoms with E-state index in [1.807, 2.05) is 31.2 Å². The maximum absolute atomic E-state index is 14.1. The van der Waals surface area contributed by atoms with Gasteiger partial charge in [-0.1, -0.05) is 90.5 Å². The highest BCUT2D eigenvalue weighted by Gasteiger charge is 2.34. The topological polar surface area (TPSA) is 86.8 Å². The van der Waals surface area contributed by atoms with Gasteiger partial charge in [0.2, 0.25) is 11.8 Å². The molecule has 1 aliphatic rings. The van der Waals surface area contributed by atoms with Crippen LogP contribution in [0.3, 0.4) is 0 Å². The van der Waals surface area contributed by atoms with Crippen molar-refractivity contribution in [1.82, 2.24) is 10.2 Å². The molecule has 1 fully saturated rings. The maximum atomic E-state index is 14.1. The Morgan fingerprint density at radius 3 is 2.27 bits per heavy atom. The van der Waals surface area contributed by atoms with E-state index in [0.717, 1.165) is 47.5 Å². The first-order chi connectivity index (χ1) is 19.6. The highest BCUT2D eigenvalue weighted by atomic mass is 35.5. The van der Waals surface area contributed by atoms with Crippen LogP contribution in [0.1, 0.15) is 50.2 Å². The van der Waals surface area contributed by atoms with E-state index in [4.69, 9.17) is 23.2 Å². The molecule has 0 aromatic heterocycles. The number of rotatable bonds is 10. The van der Waals surface area contributed by atoms with E-state index in [1.54, 1.807) is 31.2 Å². The molecular weight excluding hydrogens is 581 g/mol. The average Bonchev–Trinajstić information content (AvgIpc) is 2.97. The summed E-state index contributed by atoms with van der Waals surface area (Å²) >= 11 is 12.7. The Bertz CT molecular complexity index is 1460. The maximum Gasteiger partial charge on any atom is 0.264 e. The van der Waals surface area contributed by atoms with E-state index < -0.39 is 28.5 Å². The summed E-state index contributed by atoms with van der Waals surface area (Å²) in [4.78, 5) is 28.9. The number of anilines is 1. The molecule has 41 heavy (non-hydrogen) atoms. The minimum absolute atomic E-state index is 0.00276.